The second-order valence-corrected chi connectivity index (χ2v) is 2.72. The highest BCUT2D eigenvalue weighted by Gasteiger charge is 2.10. The van der Waals surface area contributed by atoms with Crippen molar-refractivity contribution in [3.8, 4) is 6.07 Å². The molecule has 0 amide bonds. The fourth-order valence-corrected chi connectivity index (χ4v) is 1.12. The topological polar surface area (TPSA) is 67.6 Å². The monoisotopic (exact) mass is 182 g/mol. The summed E-state index contributed by atoms with van der Waals surface area (Å²) in [5.41, 5.74) is 6.59. The molecule has 1 aromatic heterocycles. The van der Waals surface area contributed by atoms with Gasteiger partial charge in [-0.3, -0.25) is 4.39 Å². The van der Waals surface area contributed by atoms with E-state index in [0.717, 1.165) is 0 Å². The number of nitrogen functional groups attached to an aromatic ring is 1. The van der Waals surface area contributed by atoms with Gasteiger partial charge in [0.15, 0.2) is 0 Å². The highest BCUT2D eigenvalue weighted by Crippen LogP contribution is 2.14. The minimum atomic E-state index is -0.403. The number of nitrogens with zero attached hydrogens (tertiary/aromatic N) is 3. The Morgan fingerprint density at radius 2 is 2.38 bits per heavy atom. The molecule has 0 saturated heterocycles. The molecule has 0 fully saturated rings. The van der Waals surface area contributed by atoms with Crippen molar-refractivity contribution in [3.05, 3.63) is 11.3 Å². The Morgan fingerprint density at radius 3 is 2.85 bits per heavy atom. The SMILES string of the molecule is Cc1nn(CCCF)c(N)c1C#N. The molecule has 1 heterocycles. The zero-order valence-corrected chi connectivity index (χ0v) is 7.42. The van der Waals surface area contributed by atoms with E-state index in [2.05, 4.69) is 5.10 Å². The number of halogens is 1. The van der Waals surface area contributed by atoms with Crippen molar-refractivity contribution in [2.45, 2.75) is 19.9 Å². The molecule has 0 saturated carbocycles. The van der Waals surface area contributed by atoms with E-state index in [1.807, 2.05) is 6.07 Å². The van der Waals surface area contributed by atoms with E-state index in [4.69, 9.17) is 11.0 Å². The van der Waals surface area contributed by atoms with E-state index in [-0.39, 0.29) is 0 Å². The van der Waals surface area contributed by atoms with Crippen LogP contribution in [-0.4, -0.2) is 16.5 Å². The van der Waals surface area contributed by atoms with Crippen molar-refractivity contribution in [3.63, 3.8) is 0 Å². The summed E-state index contributed by atoms with van der Waals surface area (Å²) in [6.07, 6.45) is 0.371. The predicted octanol–water partition coefficient (Wildman–Crippen LogP) is 1.01. The van der Waals surface area contributed by atoms with Crippen molar-refractivity contribution in [1.29, 1.82) is 5.26 Å². The molecule has 0 unspecified atom stereocenters. The van der Waals surface area contributed by atoms with E-state index in [9.17, 15) is 4.39 Å². The Bertz CT molecular complexity index is 337. The first-order chi connectivity index (χ1) is 6.20. The Morgan fingerprint density at radius 1 is 1.69 bits per heavy atom. The second kappa shape index (κ2) is 3.90. The lowest BCUT2D eigenvalue weighted by Crippen LogP contribution is -2.05. The molecular weight excluding hydrogens is 171 g/mol. The van der Waals surface area contributed by atoms with E-state index in [1.165, 1.54) is 4.68 Å². The molecule has 1 rings (SSSR count). The molecule has 0 radical (unpaired) electrons. The van der Waals surface area contributed by atoms with E-state index < -0.39 is 6.67 Å². The molecule has 0 aliphatic carbocycles. The molecular formula is C8H11FN4. The van der Waals surface area contributed by atoms with Crippen molar-refractivity contribution >= 4 is 5.82 Å². The maximum atomic E-state index is 11.9. The van der Waals surface area contributed by atoms with Gasteiger partial charge in [0, 0.05) is 6.54 Å². The molecule has 0 bridgehead atoms. The number of anilines is 1. The molecule has 70 valence electrons. The summed E-state index contributed by atoms with van der Waals surface area (Å²) in [6, 6.07) is 1.96. The van der Waals surface area contributed by atoms with Crippen LogP contribution >= 0.6 is 0 Å². The number of rotatable bonds is 3. The van der Waals surface area contributed by atoms with Crippen LogP contribution in [0.5, 0.6) is 0 Å². The van der Waals surface area contributed by atoms with Gasteiger partial charge in [-0.2, -0.15) is 10.4 Å². The average molecular weight is 182 g/mol. The van der Waals surface area contributed by atoms with Gasteiger partial charge in [0.1, 0.15) is 17.5 Å². The van der Waals surface area contributed by atoms with Crippen LogP contribution in [0.25, 0.3) is 0 Å². The molecule has 13 heavy (non-hydrogen) atoms. The summed E-state index contributed by atoms with van der Waals surface area (Å²) in [4.78, 5) is 0. The van der Waals surface area contributed by atoms with Gasteiger partial charge in [0.2, 0.25) is 0 Å². The molecule has 0 spiro atoms. The van der Waals surface area contributed by atoms with Gasteiger partial charge in [0.25, 0.3) is 0 Å². The summed E-state index contributed by atoms with van der Waals surface area (Å²) in [7, 11) is 0. The second-order valence-electron chi connectivity index (χ2n) is 2.72. The predicted molar refractivity (Wildman–Crippen MR) is 46.7 cm³/mol. The highest BCUT2D eigenvalue weighted by molar-refractivity contribution is 5.51. The standard InChI is InChI=1S/C8H11FN4/c1-6-7(5-10)8(11)13(12-6)4-2-3-9/h2-4,11H2,1H3. The number of aromatic nitrogens is 2. The van der Waals surface area contributed by atoms with Crippen LogP contribution in [0.1, 0.15) is 17.7 Å². The maximum absolute atomic E-state index is 11.9. The Balaban J connectivity index is 2.92. The van der Waals surface area contributed by atoms with E-state index in [0.29, 0.717) is 30.0 Å². The Kier molecular flexibility index (Phi) is 2.85. The summed E-state index contributed by atoms with van der Waals surface area (Å²) in [6.45, 7) is 1.73. The first kappa shape index (κ1) is 9.52. The van der Waals surface area contributed by atoms with Crippen LogP contribution in [0.3, 0.4) is 0 Å². The number of nitrogens with two attached hydrogens (primary N) is 1. The maximum Gasteiger partial charge on any atom is 0.140 e. The third-order valence-corrected chi connectivity index (χ3v) is 1.78. The third kappa shape index (κ3) is 1.78. The normalized spacial score (nSPS) is 9.92. The summed E-state index contributed by atoms with van der Waals surface area (Å²) in [5.74, 6) is 0.327. The molecule has 0 aliphatic rings. The lowest BCUT2D eigenvalue weighted by atomic mass is 10.3. The van der Waals surface area contributed by atoms with Gasteiger partial charge in [-0.15, -0.1) is 0 Å². The molecule has 0 aliphatic heterocycles. The van der Waals surface area contributed by atoms with Crippen LogP contribution in [-0.2, 0) is 6.54 Å². The van der Waals surface area contributed by atoms with Gasteiger partial charge in [0.05, 0.1) is 12.4 Å². The van der Waals surface area contributed by atoms with E-state index >= 15 is 0 Å². The molecule has 4 nitrogen and oxygen atoms in total. The minimum Gasteiger partial charge on any atom is -0.383 e. The number of alkyl halides is 1. The van der Waals surface area contributed by atoms with Gasteiger partial charge in [-0.1, -0.05) is 0 Å². The first-order valence-electron chi connectivity index (χ1n) is 3.99. The largest absolute Gasteiger partial charge is 0.383 e. The Labute approximate surface area is 75.8 Å². The first-order valence-corrected chi connectivity index (χ1v) is 3.99. The van der Waals surface area contributed by atoms with Crippen molar-refractivity contribution in [2.24, 2.45) is 0 Å². The Hall–Kier alpha value is -1.57. The van der Waals surface area contributed by atoms with Crippen LogP contribution in [0.15, 0.2) is 0 Å². The molecule has 0 aromatic carbocycles. The molecule has 0 atom stereocenters. The van der Waals surface area contributed by atoms with Crippen LogP contribution < -0.4 is 5.73 Å². The van der Waals surface area contributed by atoms with Crippen LogP contribution in [0, 0.1) is 18.3 Å². The zero-order chi connectivity index (χ0) is 9.84. The lowest BCUT2D eigenvalue weighted by molar-refractivity contribution is 0.436. The fraction of sp³-hybridized carbons (Fsp3) is 0.500. The van der Waals surface area contributed by atoms with E-state index in [1.54, 1.807) is 6.92 Å². The summed E-state index contributed by atoms with van der Waals surface area (Å²) < 4.78 is 13.3. The van der Waals surface area contributed by atoms with Crippen molar-refractivity contribution < 1.29 is 4.39 Å². The fourth-order valence-electron chi connectivity index (χ4n) is 1.12. The smallest absolute Gasteiger partial charge is 0.140 e. The summed E-state index contributed by atoms with van der Waals surface area (Å²) in [5, 5.41) is 12.7. The number of nitriles is 1. The quantitative estimate of drug-likeness (QED) is 0.758. The van der Waals surface area contributed by atoms with Crippen molar-refractivity contribution in [1.82, 2.24) is 9.78 Å². The number of hydrogen-bond acceptors (Lipinski definition) is 3. The van der Waals surface area contributed by atoms with Gasteiger partial charge in [-0.25, -0.2) is 4.68 Å². The molecule has 2 N–H and O–H groups in total. The van der Waals surface area contributed by atoms with Gasteiger partial charge < -0.3 is 5.73 Å². The third-order valence-electron chi connectivity index (χ3n) is 1.78. The lowest BCUT2D eigenvalue weighted by Gasteiger charge is -2.00. The van der Waals surface area contributed by atoms with Crippen LogP contribution in [0.2, 0.25) is 0 Å². The van der Waals surface area contributed by atoms with Gasteiger partial charge >= 0.3 is 0 Å². The van der Waals surface area contributed by atoms with Crippen molar-refractivity contribution in [2.75, 3.05) is 12.4 Å². The number of hydrogen-bond donors (Lipinski definition) is 1. The van der Waals surface area contributed by atoms with Gasteiger partial charge in [-0.05, 0) is 13.3 Å². The van der Waals surface area contributed by atoms with Crippen LogP contribution in [0.4, 0.5) is 10.2 Å². The highest BCUT2D eigenvalue weighted by atomic mass is 19.1. The average Bonchev–Trinajstić information content (AvgIpc) is 2.38. The zero-order valence-electron chi connectivity index (χ0n) is 7.42. The molecule has 5 heteroatoms. The molecule has 1 aromatic rings. The number of aryl methyl sites for hydroxylation is 2. The summed E-state index contributed by atoms with van der Waals surface area (Å²) >= 11 is 0. The minimum absolute atomic E-state index is 0.327.